The first-order chi connectivity index (χ1) is 19.4. The van der Waals surface area contributed by atoms with E-state index in [2.05, 4.69) is 36.9 Å². The Morgan fingerprint density at radius 3 is 2.65 bits per heavy atom. The third-order valence-electron chi connectivity index (χ3n) is 7.26. The molecule has 13 heteroatoms. The van der Waals surface area contributed by atoms with Crippen molar-refractivity contribution in [2.75, 3.05) is 56.1 Å². The predicted octanol–water partition coefficient (Wildman–Crippen LogP) is 4.63. The number of likely N-dealkylation sites (tertiary alicyclic amines) is 1. The van der Waals surface area contributed by atoms with E-state index in [-0.39, 0.29) is 17.6 Å². The van der Waals surface area contributed by atoms with Crippen LogP contribution in [0.2, 0.25) is 5.02 Å². The van der Waals surface area contributed by atoms with Gasteiger partial charge in [-0.15, -0.1) is 11.3 Å². The standard InChI is InChI=1S/C27H34ClN7O3S2/c1-3-38-24(36)6-8-33-9-11-34(12-10-33)23-15-29-20(14-30-23)26(37)32-27-31-25(21-13-19(28)17-39-21)22(40-27)16-35-7-4-5-18(35)2/h13-15,17-18H,3-12,16H2,1-2H3,(H,31,32,37). The molecule has 214 valence electrons. The van der Waals surface area contributed by atoms with Crippen LogP contribution < -0.4 is 10.2 Å². The topological polar surface area (TPSA) is 104 Å². The number of anilines is 2. The number of carbonyl (C=O) groups excluding carboxylic acids is 2. The lowest BCUT2D eigenvalue weighted by molar-refractivity contribution is -0.143. The molecule has 2 saturated heterocycles. The van der Waals surface area contributed by atoms with Crippen molar-refractivity contribution in [2.24, 2.45) is 0 Å². The molecule has 0 saturated carbocycles. The number of amides is 1. The van der Waals surface area contributed by atoms with Crippen molar-refractivity contribution in [3.05, 3.63) is 39.4 Å². The molecular formula is C27H34ClN7O3S2. The fourth-order valence-electron chi connectivity index (χ4n) is 5.00. The van der Waals surface area contributed by atoms with Gasteiger partial charge in [-0.3, -0.25) is 24.7 Å². The van der Waals surface area contributed by atoms with Crippen LogP contribution in [-0.4, -0.2) is 88.5 Å². The number of ether oxygens (including phenoxy) is 1. The molecule has 1 atom stereocenters. The molecule has 2 aliphatic rings. The average molecular weight is 604 g/mol. The van der Waals surface area contributed by atoms with Crippen LogP contribution in [0.3, 0.4) is 0 Å². The highest BCUT2D eigenvalue weighted by molar-refractivity contribution is 7.17. The number of hydrogen-bond donors (Lipinski definition) is 1. The summed E-state index contributed by atoms with van der Waals surface area (Å²) in [4.78, 5) is 47.3. The highest BCUT2D eigenvalue weighted by Crippen LogP contribution is 2.37. The van der Waals surface area contributed by atoms with Crippen molar-refractivity contribution in [1.82, 2.24) is 24.8 Å². The highest BCUT2D eigenvalue weighted by Gasteiger charge is 2.25. The molecule has 2 fully saturated rings. The summed E-state index contributed by atoms with van der Waals surface area (Å²) in [5, 5.41) is 6.06. The molecule has 1 amide bonds. The number of thiophene rings is 1. The van der Waals surface area contributed by atoms with Crippen molar-refractivity contribution in [3.63, 3.8) is 0 Å². The first kappa shape index (κ1) is 28.9. The number of hydrogen-bond acceptors (Lipinski definition) is 11. The summed E-state index contributed by atoms with van der Waals surface area (Å²) < 4.78 is 5.01. The van der Waals surface area contributed by atoms with E-state index in [1.807, 2.05) is 18.4 Å². The third-order valence-corrected chi connectivity index (χ3v) is 9.50. The summed E-state index contributed by atoms with van der Waals surface area (Å²) in [6, 6.07) is 2.45. The van der Waals surface area contributed by atoms with Gasteiger partial charge in [0.1, 0.15) is 11.5 Å². The third kappa shape index (κ3) is 7.16. The first-order valence-electron chi connectivity index (χ1n) is 13.6. The maximum Gasteiger partial charge on any atom is 0.307 e. The van der Waals surface area contributed by atoms with E-state index in [1.54, 1.807) is 17.5 Å². The molecule has 5 heterocycles. The zero-order chi connectivity index (χ0) is 28.1. The number of thiazole rings is 1. The minimum atomic E-state index is -0.339. The summed E-state index contributed by atoms with van der Waals surface area (Å²) in [5.41, 5.74) is 1.11. The number of halogens is 1. The van der Waals surface area contributed by atoms with Gasteiger partial charge in [0.05, 0.1) is 41.0 Å². The van der Waals surface area contributed by atoms with E-state index < -0.39 is 0 Å². The van der Waals surface area contributed by atoms with E-state index in [9.17, 15) is 9.59 Å². The molecule has 1 N–H and O–H groups in total. The Hall–Kier alpha value is -2.64. The lowest BCUT2D eigenvalue weighted by Crippen LogP contribution is -2.47. The molecule has 1 unspecified atom stereocenters. The largest absolute Gasteiger partial charge is 0.466 e. The van der Waals surface area contributed by atoms with Crippen molar-refractivity contribution < 1.29 is 14.3 Å². The molecule has 0 radical (unpaired) electrons. The van der Waals surface area contributed by atoms with Gasteiger partial charge in [0.15, 0.2) is 5.13 Å². The van der Waals surface area contributed by atoms with E-state index in [0.29, 0.717) is 35.8 Å². The van der Waals surface area contributed by atoms with Gasteiger partial charge in [-0.05, 0) is 39.3 Å². The molecule has 0 bridgehead atoms. The Labute approximate surface area is 247 Å². The Bertz CT molecular complexity index is 1310. The van der Waals surface area contributed by atoms with Gasteiger partial charge in [0, 0.05) is 55.6 Å². The smallest absolute Gasteiger partial charge is 0.307 e. The van der Waals surface area contributed by atoms with Gasteiger partial charge >= 0.3 is 5.97 Å². The summed E-state index contributed by atoms with van der Waals surface area (Å²) in [5.74, 6) is 0.232. The minimum absolute atomic E-state index is 0.160. The summed E-state index contributed by atoms with van der Waals surface area (Å²) in [6.45, 7) is 10.2. The maximum absolute atomic E-state index is 13.0. The van der Waals surface area contributed by atoms with Crippen LogP contribution in [-0.2, 0) is 16.1 Å². The lowest BCUT2D eigenvalue weighted by atomic mass is 10.2. The van der Waals surface area contributed by atoms with Crippen molar-refractivity contribution in [2.45, 2.75) is 45.7 Å². The second-order valence-corrected chi connectivity index (χ2v) is 12.4. The number of piperazine rings is 1. The van der Waals surface area contributed by atoms with Gasteiger partial charge in [-0.25, -0.2) is 15.0 Å². The van der Waals surface area contributed by atoms with Crippen LogP contribution in [0.15, 0.2) is 23.8 Å². The zero-order valence-corrected chi connectivity index (χ0v) is 25.2. The van der Waals surface area contributed by atoms with Gasteiger partial charge in [0.2, 0.25) is 0 Å². The number of nitrogens with one attached hydrogen (secondary N) is 1. The lowest BCUT2D eigenvalue weighted by Gasteiger charge is -2.35. The molecule has 0 aromatic carbocycles. The zero-order valence-electron chi connectivity index (χ0n) is 22.8. The molecule has 3 aromatic heterocycles. The van der Waals surface area contributed by atoms with E-state index in [0.717, 1.165) is 60.5 Å². The van der Waals surface area contributed by atoms with Crippen molar-refractivity contribution >= 4 is 57.1 Å². The van der Waals surface area contributed by atoms with Gasteiger partial charge in [-0.2, -0.15) is 0 Å². The van der Waals surface area contributed by atoms with E-state index >= 15 is 0 Å². The number of esters is 1. The molecule has 10 nitrogen and oxygen atoms in total. The molecule has 2 aliphatic heterocycles. The van der Waals surface area contributed by atoms with Crippen LogP contribution in [0.4, 0.5) is 10.9 Å². The molecule has 3 aromatic rings. The van der Waals surface area contributed by atoms with Crippen molar-refractivity contribution in [1.29, 1.82) is 0 Å². The number of aromatic nitrogens is 3. The molecule has 0 aliphatic carbocycles. The number of nitrogens with zero attached hydrogens (tertiary/aromatic N) is 6. The second-order valence-electron chi connectivity index (χ2n) is 9.98. The number of rotatable bonds is 10. The Balaban J connectivity index is 1.20. The molecule has 40 heavy (non-hydrogen) atoms. The second kappa shape index (κ2) is 13.3. The van der Waals surface area contributed by atoms with Crippen molar-refractivity contribution in [3.8, 4) is 10.6 Å². The quantitative estimate of drug-likeness (QED) is 0.332. The van der Waals surface area contributed by atoms with Crippen LogP contribution in [0.1, 0.15) is 48.5 Å². The van der Waals surface area contributed by atoms with E-state index in [4.69, 9.17) is 21.3 Å². The molecular weight excluding hydrogens is 570 g/mol. The fraction of sp³-hybridized carbons (Fsp3) is 0.519. The molecule has 0 spiro atoms. The van der Waals surface area contributed by atoms with E-state index in [1.165, 1.54) is 30.4 Å². The Kier molecular flexibility index (Phi) is 9.63. The first-order valence-corrected chi connectivity index (χ1v) is 15.7. The van der Waals surface area contributed by atoms with Gasteiger partial charge < -0.3 is 9.64 Å². The number of carbonyl (C=O) groups is 2. The van der Waals surface area contributed by atoms with Crippen LogP contribution in [0.25, 0.3) is 10.6 Å². The van der Waals surface area contributed by atoms with Gasteiger partial charge in [-0.1, -0.05) is 22.9 Å². The monoisotopic (exact) mass is 603 g/mol. The average Bonchev–Trinajstić information content (AvgIpc) is 3.68. The highest BCUT2D eigenvalue weighted by atomic mass is 35.5. The molecule has 5 rings (SSSR count). The SMILES string of the molecule is CCOC(=O)CCN1CCN(c2cnc(C(=O)Nc3nc(-c4cc(Cl)cs4)c(CN4CCCC4C)s3)cn2)CC1. The Morgan fingerprint density at radius 2 is 2.00 bits per heavy atom. The predicted molar refractivity (Wildman–Crippen MR) is 159 cm³/mol. The fourth-order valence-corrected chi connectivity index (χ4v) is 7.15. The summed E-state index contributed by atoms with van der Waals surface area (Å²) in [7, 11) is 0. The van der Waals surface area contributed by atoms with Crippen LogP contribution >= 0.6 is 34.3 Å². The van der Waals surface area contributed by atoms with Crippen LogP contribution in [0.5, 0.6) is 0 Å². The normalized spacial score (nSPS) is 18.3. The summed E-state index contributed by atoms with van der Waals surface area (Å²) in [6.07, 6.45) is 5.95. The minimum Gasteiger partial charge on any atom is -0.466 e. The van der Waals surface area contributed by atoms with Gasteiger partial charge in [0.25, 0.3) is 5.91 Å². The Morgan fingerprint density at radius 1 is 1.18 bits per heavy atom. The van der Waals surface area contributed by atoms with Crippen LogP contribution in [0, 0.1) is 0 Å². The maximum atomic E-state index is 13.0. The summed E-state index contributed by atoms with van der Waals surface area (Å²) >= 11 is 9.26.